The van der Waals surface area contributed by atoms with Crippen LogP contribution in [0.2, 0.25) is 0 Å². The molecule has 0 bridgehead atoms. The molecule has 1 N–H and O–H groups in total. The number of carbonyl (C=O) groups excluding carboxylic acids is 1. The average Bonchev–Trinajstić information content (AvgIpc) is 2.25. The number of hydrogen-bond donors (Lipinski definition) is 1. The second kappa shape index (κ2) is 6.76. The number of piperidine rings is 1. The van der Waals surface area contributed by atoms with Crippen molar-refractivity contribution in [3.8, 4) is 0 Å². The van der Waals surface area contributed by atoms with Gasteiger partial charge in [0.2, 0.25) is 0 Å². The van der Waals surface area contributed by atoms with Crippen LogP contribution in [-0.2, 0) is 14.6 Å². The maximum atomic E-state index is 11.9. The van der Waals surface area contributed by atoms with Crippen LogP contribution in [0.5, 0.6) is 0 Å². The molecule has 0 aromatic heterocycles. The summed E-state index contributed by atoms with van der Waals surface area (Å²) < 4.78 is 27.4. The highest BCUT2D eigenvalue weighted by Crippen LogP contribution is 2.15. The first-order chi connectivity index (χ1) is 9.07. The van der Waals surface area contributed by atoms with E-state index in [0.29, 0.717) is 19.6 Å². The molecule has 0 atom stereocenters. The van der Waals surface area contributed by atoms with E-state index in [2.05, 4.69) is 5.32 Å². The SMILES string of the molecule is CC(C)(C)OC(=O)N1CCC(NCCS(C)(=O)=O)CC1. The van der Waals surface area contributed by atoms with Gasteiger partial charge in [-0.25, -0.2) is 13.2 Å². The lowest BCUT2D eigenvalue weighted by Gasteiger charge is -2.33. The Kier molecular flexibility index (Phi) is 5.82. The summed E-state index contributed by atoms with van der Waals surface area (Å²) in [7, 11) is -2.92. The van der Waals surface area contributed by atoms with Gasteiger partial charge in [-0.3, -0.25) is 0 Å². The second-order valence-corrected chi connectivity index (χ2v) is 8.59. The van der Waals surface area contributed by atoms with Gasteiger partial charge in [0, 0.05) is 31.9 Å². The van der Waals surface area contributed by atoms with E-state index >= 15 is 0 Å². The molecule has 6 nitrogen and oxygen atoms in total. The molecule has 0 aliphatic carbocycles. The van der Waals surface area contributed by atoms with E-state index in [4.69, 9.17) is 4.74 Å². The van der Waals surface area contributed by atoms with Crippen LogP contribution in [0.15, 0.2) is 0 Å². The fourth-order valence-corrected chi connectivity index (χ4v) is 2.53. The van der Waals surface area contributed by atoms with Crippen LogP contribution in [0.25, 0.3) is 0 Å². The molecule has 0 unspecified atom stereocenters. The molecule has 118 valence electrons. The zero-order chi connectivity index (χ0) is 15.4. The first kappa shape index (κ1) is 17.2. The van der Waals surface area contributed by atoms with Crippen LogP contribution in [-0.4, -0.2) is 62.7 Å². The number of sulfone groups is 1. The Balaban J connectivity index is 2.28. The Hall–Kier alpha value is -0.820. The monoisotopic (exact) mass is 306 g/mol. The molecule has 0 aromatic carbocycles. The van der Waals surface area contributed by atoms with Crippen LogP contribution in [0.3, 0.4) is 0 Å². The van der Waals surface area contributed by atoms with Crippen LogP contribution in [0, 0.1) is 0 Å². The smallest absolute Gasteiger partial charge is 0.410 e. The molecule has 1 saturated heterocycles. The number of ether oxygens (including phenoxy) is 1. The van der Waals surface area contributed by atoms with Gasteiger partial charge < -0.3 is 15.0 Å². The Morgan fingerprint density at radius 1 is 1.30 bits per heavy atom. The standard InChI is InChI=1S/C13H26N2O4S/c1-13(2,3)19-12(16)15-8-5-11(6-9-15)14-7-10-20(4,17)18/h11,14H,5-10H2,1-4H3. The Morgan fingerprint density at radius 2 is 1.85 bits per heavy atom. The van der Waals surface area contributed by atoms with Gasteiger partial charge in [0.1, 0.15) is 15.4 Å². The third kappa shape index (κ3) is 7.09. The number of amides is 1. The minimum Gasteiger partial charge on any atom is -0.444 e. The van der Waals surface area contributed by atoms with Gasteiger partial charge >= 0.3 is 6.09 Å². The first-order valence-electron chi connectivity index (χ1n) is 6.96. The summed E-state index contributed by atoms with van der Waals surface area (Å²) in [6.07, 6.45) is 2.61. The molecule has 1 amide bonds. The van der Waals surface area contributed by atoms with Gasteiger partial charge in [0.25, 0.3) is 0 Å². The lowest BCUT2D eigenvalue weighted by atomic mass is 10.1. The number of carbonyl (C=O) groups is 1. The summed E-state index contributed by atoms with van der Waals surface area (Å²) in [6, 6.07) is 0.274. The maximum Gasteiger partial charge on any atom is 0.410 e. The minimum absolute atomic E-state index is 0.152. The Morgan fingerprint density at radius 3 is 2.30 bits per heavy atom. The number of likely N-dealkylation sites (tertiary alicyclic amines) is 1. The van der Waals surface area contributed by atoms with Crippen molar-refractivity contribution in [2.45, 2.75) is 45.3 Å². The topological polar surface area (TPSA) is 75.7 Å². The molecule has 0 spiro atoms. The number of rotatable bonds is 4. The predicted molar refractivity (Wildman–Crippen MR) is 78.5 cm³/mol. The van der Waals surface area contributed by atoms with Crippen molar-refractivity contribution >= 4 is 15.9 Å². The third-order valence-electron chi connectivity index (χ3n) is 3.05. The average molecular weight is 306 g/mol. The fraction of sp³-hybridized carbons (Fsp3) is 0.923. The predicted octanol–water partition coefficient (Wildman–Crippen LogP) is 1.02. The second-order valence-electron chi connectivity index (χ2n) is 6.33. The van der Waals surface area contributed by atoms with E-state index in [1.54, 1.807) is 4.90 Å². The van der Waals surface area contributed by atoms with Crippen molar-refractivity contribution < 1.29 is 17.9 Å². The molecule has 1 rings (SSSR count). The molecule has 1 aliphatic heterocycles. The first-order valence-corrected chi connectivity index (χ1v) is 9.02. The van der Waals surface area contributed by atoms with E-state index < -0.39 is 15.4 Å². The van der Waals surface area contributed by atoms with Crippen molar-refractivity contribution in [3.05, 3.63) is 0 Å². The fourth-order valence-electron chi connectivity index (χ4n) is 2.04. The molecule has 7 heteroatoms. The summed E-state index contributed by atoms with van der Waals surface area (Å²) in [4.78, 5) is 13.6. The Bertz CT molecular complexity index is 420. The van der Waals surface area contributed by atoms with Crippen molar-refractivity contribution in [3.63, 3.8) is 0 Å². The molecule has 1 heterocycles. The van der Waals surface area contributed by atoms with Crippen molar-refractivity contribution in [1.29, 1.82) is 0 Å². The number of hydrogen-bond acceptors (Lipinski definition) is 5. The number of nitrogens with one attached hydrogen (secondary N) is 1. The highest BCUT2D eigenvalue weighted by Gasteiger charge is 2.26. The van der Waals surface area contributed by atoms with Gasteiger partial charge in [-0.15, -0.1) is 0 Å². The van der Waals surface area contributed by atoms with Gasteiger partial charge in [-0.1, -0.05) is 0 Å². The molecule has 0 radical (unpaired) electrons. The normalized spacial score (nSPS) is 18.1. The van der Waals surface area contributed by atoms with E-state index in [-0.39, 0.29) is 17.9 Å². The van der Waals surface area contributed by atoms with Gasteiger partial charge in [-0.05, 0) is 33.6 Å². The molecule has 20 heavy (non-hydrogen) atoms. The lowest BCUT2D eigenvalue weighted by molar-refractivity contribution is 0.0199. The quantitative estimate of drug-likeness (QED) is 0.839. The van der Waals surface area contributed by atoms with Crippen molar-refractivity contribution in [1.82, 2.24) is 10.2 Å². The molecule has 0 saturated carbocycles. The zero-order valence-corrected chi connectivity index (χ0v) is 13.6. The largest absolute Gasteiger partial charge is 0.444 e. The van der Waals surface area contributed by atoms with Crippen LogP contribution in [0.1, 0.15) is 33.6 Å². The van der Waals surface area contributed by atoms with Crippen molar-refractivity contribution in [2.75, 3.05) is 31.6 Å². The number of nitrogens with zero attached hydrogens (tertiary/aromatic N) is 1. The lowest BCUT2D eigenvalue weighted by Crippen LogP contribution is -2.47. The molecular weight excluding hydrogens is 280 g/mol. The summed E-state index contributed by atoms with van der Waals surface area (Å²) in [6.45, 7) is 7.31. The van der Waals surface area contributed by atoms with Gasteiger partial charge in [-0.2, -0.15) is 0 Å². The van der Waals surface area contributed by atoms with Crippen LogP contribution < -0.4 is 5.32 Å². The highest BCUT2D eigenvalue weighted by atomic mass is 32.2. The summed E-state index contributed by atoms with van der Waals surface area (Å²) in [5.74, 6) is 0.152. The Labute approximate surface area is 121 Å². The molecule has 1 aliphatic rings. The van der Waals surface area contributed by atoms with E-state index in [1.165, 1.54) is 6.26 Å². The molecule has 1 fully saturated rings. The maximum absolute atomic E-state index is 11.9. The molecular formula is C13H26N2O4S. The van der Waals surface area contributed by atoms with E-state index in [1.807, 2.05) is 20.8 Å². The summed E-state index contributed by atoms with van der Waals surface area (Å²) >= 11 is 0. The van der Waals surface area contributed by atoms with Gasteiger partial charge in [0.05, 0.1) is 5.75 Å². The molecule has 0 aromatic rings. The van der Waals surface area contributed by atoms with E-state index in [9.17, 15) is 13.2 Å². The zero-order valence-electron chi connectivity index (χ0n) is 12.8. The third-order valence-corrected chi connectivity index (χ3v) is 4.00. The minimum atomic E-state index is -2.92. The summed E-state index contributed by atoms with van der Waals surface area (Å²) in [5.41, 5.74) is -0.471. The van der Waals surface area contributed by atoms with Crippen LogP contribution in [0.4, 0.5) is 4.79 Å². The summed E-state index contributed by atoms with van der Waals surface area (Å²) in [5, 5.41) is 3.23. The van der Waals surface area contributed by atoms with E-state index in [0.717, 1.165) is 12.8 Å². The van der Waals surface area contributed by atoms with Crippen LogP contribution >= 0.6 is 0 Å². The van der Waals surface area contributed by atoms with Gasteiger partial charge in [0.15, 0.2) is 0 Å². The highest BCUT2D eigenvalue weighted by molar-refractivity contribution is 7.90. The van der Waals surface area contributed by atoms with Crippen molar-refractivity contribution in [2.24, 2.45) is 0 Å².